The molecule has 0 radical (unpaired) electrons. The number of hydrogen-bond acceptors (Lipinski definition) is 7. The van der Waals surface area contributed by atoms with E-state index in [1.54, 1.807) is 19.1 Å². The summed E-state index contributed by atoms with van der Waals surface area (Å²) in [5.74, 6) is 0.895. The van der Waals surface area contributed by atoms with Gasteiger partial charge in [-0.3, -0.25) is 0 Å². The molecule has 166 valence electrons. The van der Waals surface area contributed by atoms with Gasteiger partial charge in [0.15, 0.2) is 11.6 Å². The summed E-state index contributed by atoms with van der Waals surface area (Å²) >= 11 is 0. The standard InChI is InChI=1S/C25H21FN4O3/c1-2-32-25(31)20-14-27-23(17-6-4-3-5-7-17)28-24(20)30-13-12-19-21(15-30)29-33-22(19)16-8-10-18(26)11-9-16/h3-11,14H,2,12-13,15H2,1H3. The van der Waals surface area contributed by atoms with E-state index in [1.807, 2.05) is 35.2 Å². The summed E-state index contributed by atoms with van der Waals surface area (Å²) in [4.78, 5) is 23.7. The lowest BCUT2D eigenvalue weighted by molar-refractivity contribution is 0.0526. The van der Waals surface area contributed by atoms with Crippen LogP contribution >= 0.6 is 0 Å². The van der Waals surface area contributed by atoms with Crippen molar-refractivity contribution in [1.29, 1.82) is 0 Å². The summed E-state index contributed by atoms with van der Waals surface area (Å²) in [7, 11) is 0. The number of ether oxygens (including phenoxy) is 1. The number of carbonyl (C=O) groups is 1. The van der Waals surface area contributed by atoms with Crippen LogP contribution in [0, 0.1) is 5.82 Å². The van der Waals surface area contributed by atoms with Gasteiger partial charge in [-0.25, -0.2) is 19.2 Å². The van der Waals surface area contributed by atoms with Crippen molar-refractivity contribution in [2.24, 2.45) is 0 Å². The van der Waals surface area contributed by atoms with Crippen molar-refractivity contribution in [3.05, 3.63) is 83.4 Å². The van der Waals surface area contributed by atoms with Crippen LogP contribution in [0.2, 0.25) is 0 Å². The molecule has 0 saturated carbocycles. The molecule has 0 aliphatic carbocycles. The topological polar surface area (TPSA) is 81.4 Å². The summed E-state index contributed by atoms with van der Waals surface area (Å²) in [6, 6.07) is 15.7. The fourth-order valence-corrected chi connectivity index (χ4v) is 3.93. The van der Waals surface area contributed by atoms with Gasteiger partial charge in [-0.2, -0.15) is 0 Å². The average molecular weight is 444 g/mol. The van der Waals surface area contributed by atoms with Crippen molar-refractivity contribution in [3.63, 3.8) is 0 Å². The molecule has 0 saturated heterocycles. The second kappa shape index (κ2) is 8.82. The van der Waals surface area contributed by atoms with E-state index < -0.39 is 5.97 Å². The molecule has 1 aliphatic rings. The van der Waals surface area contributed by atoms with E-state index in [2.05, 4.69) is 10.1 Å². The number of esters is 1. The van der Waals surface area contributed by atoms with Gasteiger partial charge in [0.25, 0.3) is 0 Å². The minimum atomic E-state index is -0.468. The highest BCUT2D eigenvalue weighted by molar-refractivity contribution is 5.95. The van der Waals surface area contributed by atoms with Crippen LogP contribution in [-0.2, 0) is 17.7 Å². The van der Waals surface area contributed by atoms with Crippen LogP contribution in [0.1, 0.15) is 28.5 Å². The van der Waals surface area contributed by atoms with Gasteiger partial charge in [0.1, 0.15) is 22.9 Å². The first kappa shape index (κ1) is 20.8. The Labute approximate surface area is 189 Å². The quantitative estimate of drug-likeness (QED) is 0.414. The Morgan fingerprint density at radius 1 is 1.12 bits per heavy atom. The number of hydrogen-bond donors (Lipinski definition) is 0. The Kier molecular flexibility index (Phi) is 5.56. The lowest BCUT2D eigenvalue weighted by atomic mass is 10.0. The van der Waals surface area contributed by atoms with Crippen molar-refractivity contribution in [2.75, 3.05) is 18.1 Å². The molecule has 7 nitrogen and oxygen atoms in total. The minimum Gasteiger partial charge on any atom is -0.462 e. The van der Waals surface area contributed by atoms with Crippen molar-refractivity contribution >= 4 is 11.8 Å². The molecule has 0 N–H and O–H groups in total. The largest absolute Gasteiger partial charge is 0.462 e. The number of nitrogens with zero attached hydrogens (tertiary/aromatic N) is 4. The Morgan fingerprint density at radius 2 is 1.91 bits per heavy atom. The van der Waals surface area contributed by atoms with E-state index in [0.717, 1.165) is 22.4 Å². The first-order valence-corrected chi connectivity index (χ1v) is 10.7. The number of carbonyl (C=O) groups excluding carboxylic acids is 1. The van der Waals surface area contributed by atoms with Gasteiger partial charge in [0.2, 0.25) is 0 Å². The molecule has 0 spiro atoms. The minimum absolute atomic E-state index is 0.257. The molecular formula is C25H21FN4O3. The monoisotopic (exact) mass is 444 g/mol. The second-order valence-electron chi connectivity index (χ2n) is 7.63. The molecule has 0 unspecified atom stereocenters. The van der Waals surface area contributed by atoms with E-state index in [-0.39, 0.29) is 12.4 Å². The van der Waals surface area contributed by atoms with E-state index in [9.17, 15) is 9.18 Å². The molecule has 0 amide bonds. The number of rotatable bonds is 5. The van der Waals surface area contributed by atoms with Gasteiger partial charge >= 0.3 is 5.97 Å². The van der Waals surface area contributed by atoms with Crippen LogP contribution in [0.5, 0.6) is 0 Å². The van der Waals surface area contributed by atoms with Gasteiger partial charge in [-0.15, -0.1) is 0 Å². The molecule has 33 heavy (non-hydrogen) atoms. The fourth-order valence-electron chi connectivity index (χ4n) is 3.93. The van der Waals surface area contributed by atoms with Crippen LogP contribution in [0.4, 0.5) is 10.2 Å². The molecule has 0 atom stereocenters. The number of halogens is 1. The SMILES string of the molecule is CCOC(=O)c1cnc(-c2ccccc2)nc1N1CCc2c(noc2-c2ccc(F)cc2)C1. The molecule has 3 heterocycles. The Hall–Kier alpha value is -4.07. The lowest BCUT2D eigenvalue weighted by Crippen LogP contribution is -2.32. The third-order valence-electron chi connectivity index (χ3n) is 5.54. The zero-order chi connectivity index (χ0) is 22.8. The molecule has 5 rings (SSSR count). The van der Waals surface area contributed by atoms with Crippen LogP contribution in [-0.4, -0.2) is 34.2 Å². The lowest BCUT2D eigenvalue weighted by Gasteiger charge is -2.28. The Bertz CT molecular complexity index is 1290. The van der Waals surface area contributed by atoms with Crippen LogP contribution in [0.3, 0.4) is 0 Å². The number of benzene rings is 2. The number of fused-ring (bicyclic) bond motifs is 1. The smallest absolute Gasteiger partial charge is 0.343 e. The Morgan fingerprint density at radius 3 is 2.67 bits per heavy atom. The van der Waals surface area contributed by atoms with Gasteiger partial charge in [0.05, 0.1) is 13.2 Å². The van der Waals surface area contributed by atoms with Gasteiger partial charge in [-0.1, -0.05) is 35.5 Å². The van der Waals surface area contributed by atoms with Crippen molar-refractivity contribution in [1.82, 2.24) is 15.1 Å². The first-order valence-electron chi connectivity index (χ1n) is 10.7. The first-order chi connectivity index (χ1) is 16.1. The van der Waals surface area contributed by atoms with Crippen LogP contribution < -0.4 is 4.90 Å². The van der Waals surface area contributed by atoms with E-state index >= 15 is 0 Å². The molecule has 0 bridgehead atoms. The average Bonchev–Trinajstić information content (AvgIpc) is 3.28. The highest BCUT2D eigenvalue weighted by atomic mass is 19.1. The zero-order valence-corrected chi connectivity index (χ0v) is 18.0. The summed E-state index contributed by atoms with van der Waals surface area (Å²) in [5.41, 5.74) is 3.68. The zero-order valence-electron chi connectivity index (χ0n) is 18.0. The summed E-state index contributed by atoms with van der Waals surface area (Å²) in [5, 5.41) is 4.25. The summed E-state index contributed by atoms with van der Waals surface area (Å²) in [6.45, 7) is 3.03. The second-order valence-corrected chi connectivity index (χ2v) is 7.63. The summed E-state index contributed by atoms with van der Waals surface area (Å²) in [6.07, 6.45) is 2.16. The van der Waals surface area contributed by atoms with Crippen LogP contribution in [0.15, 0.2) is 65.3 Å². The summed E-state index contributed by atoms with van der Waals surface area (Å²) < 4.78 is 24.2. The highest BCUT2D eigenvalue weighted by Crippen LogP contribution is 2.33. The van der Waals surface area contributed by atoms with Gasteiger partial charge in [0, 0.05) is 29.4 Å². The molecule has 4 aromatic rings. The third-order valence-corrected chi connectivity index (χ3v) is 5.54. The van der Waals surface area contributed by atoms with Crippen molar-refractivity contribution < 1.29 is 18.4 Å². The molecule has 0 fully saturated rings. The maximum Gasteiger partial charge on any atom is 0.343 e. The maximum absolute atomic E-state index is 13.3. The van der Waals surface area contributed by atoms with Gasteiger partial charge < -0.3 is 14.2 Å². The van der Waals surface area contributed by atoms with E-state index in [4.69, 9.17) is 14.2 Å². The Balaban J connectivity index is 1.50. The van der Waals surface area contributed by atoms with Crippen LogP contribution in [0.25, 0.3) is 22.7 Å². The predicted octanol–water partition coefficient (Wildman–Crippen LogP) is 4.68. The normalized spacial score (nSPS) is 13.0. The molecule has 2 aromatic heterocycles. The van der Waals surface area contributed by atoms with E-state index in [1.165, 1.54) is 18.3 Å². The maximum atomic E-state index is 13.3. The predicted molar refractivity (Wildman–Crippen MR) is 120 cm³/mol. The molecule has 1 aliphatic heterocycles. The molecule has 2 aromatic carbocycles. The van der Waals surface area contributed by atoms with Crippen molar-refractivity contribution in [3.8, 4) is 22.7 Å². The molecule has 8 heteroatoms. The fraction of sp³-hybridized carbons (Fsp3) is 0.200. The molecular weight excluding hydrogens is 423 g/mol. The van der Waals surface area contributed by atoms with E-state index in [0.29, 0.717) is 42.5 Å². The third kappa shape index (κ3) is 4.07. The number of anilines is 1. The van der Waals surface area contributed by atoms with Crippen molar-refractivity contribution in [2.45, 2.75) is 19.9 Å². The highest BCUT2D eigenvalue weighted by Gasteiger charge is 2.29. The van der Waals surface area contributed by atoms with Gasteiger partial charge in [-0.05, 0) is 37.6 Å². The number of aromatic nitrogens is 3.